The smallest absolute Gasteiger partial charge is 0.418 e. The Bertz CT molecular complexity index is 1720. The molecule has 1 amide bonds. The van der Waals surface area contributed by atoms with Crippen LogP contribution in [0.3, 0.4) is 0 Å². The second-order valence-corrected chi connectivity index (χ2v) is 8.72. The highest BCUT2D eigenvalue weighted by Gasteiger charge is 2.38. The number of hydrogen-bond acceptors (Lipinski definition) is 4. The highest BCUT2D eigenvalue weighted by Crippen LogP contribution is 2.44. The highest BCUT2D eigenvalue weighted by molar-refractivity contribution is 6.32. The maximum atomic E-state index is 14.0. The summed E-state index contributed by atoms with van der Waals surface area (Å²) < 4.78 is 61.2. The van der Waals surface area contributed by atoms with E-state index >= 15 is 0 Å². The first-order valence-electron chi connectivity index (χ1n) is 11.0. The Balaban J connectivity index is 2.18. The number of rotatable bonds is 4. The van der Waals surface area contributed by atoms with Crippen molar-refractivity contribution in [1.82, 2.24) is 0 Å². The van der Waals surface area contributed by atoms with Crippen molar-refractivity contribution in [2.75, 3.05) is 4.90 Å². The van der Waals surface area contributed by atoms with E-state index < -0.39 is 40.5 Å². The van der Waals surface area contributed by atoms with Gasteiger partial charge in [0.2, 0.25) is 5.91 Å². The van der Waals surface area contributed by atoms with Crippen molar-refractivity contribution in [3.63, 3.8) is 0 Å². The number of aryl methyl sites for hydroxylation is 1. The van der Waals surface area contributed by atoms with Gasteiger partial charge in [-0.1, -0.05) is 29.8 Å². The first-order valence-corrected chi connectivity index (χ1v) is 11.4. The Labute approximate surface area is 218 Å². The lowest BCUT2D eigenvalue weighted by Crippen LogP contribution is -2.30. The fourth-order valence-corrected chi connectivity index (χ4v) is 4.28. The number of hydrogen-bond donors (Lipinski definition) is 0. The number of carbonyl (C=O) groups excluding carboxylic acids is 1. The average Bonchev–Trinajstić information content (AvgIpc) is 2.84. The van der Waals surface area contributed by atoms with Gasteiger partial charge in [-0.25, -0.2) is 9.18 Å². The normalized spacial score (nSPS) is 11.6. The second kappa shape index (κ2) is 10.1. The van der Waals surface area contributed by atoms with Crippen molar-refractivity contribution in [3.05, 3.63) is 98.6 Å². The summed E-state index contributed by atoms with van der Waals surface area (Å²) >= 11 is 6.23. The number of allylic oxidation sites excluding steroid dienone is 1. The van der Waals surface area contributed by atoms with Crippen LogP contribution in [-0.4, -0.2) is 5.91 Å². The lowest BCUT2D eigenvalue weighted by molar-refractivity contribution is -0.137. The molecule has 0 radical (unpaired) electrons. The minimum atomic E-state index is -5.05. The summed E-state index contributed by atoms with van der Waals surface area (Å²) in [4.78, 5) is 26.9. The van der Waals surface area contributed by atoms with Crippen LogP contribution in [0.5, 0.6) is 0 Å². The van der Waals surface area contributed by atoms with E-state index in [1.165, 1.54) is 18.2 Å². The van der Waals surface area contributed by atoms with Crippen LogP contribution in [0.4, 0.5) is 28.9 Å². The molecular weight excluding hydrogens is 524 g/mol. The van der Waals surface area contributed by atoms with Gasteiger partial charge in [0.25, 0.3) is 0 Å². The molecule has 0 spiro atoms. The SMILES string of the molecule is CC(=O)N(c1ccc(F)cc1C(F)(F)F)c1c(-c2cccc(C=CC#N)c2)c2cc(C)c(Cl)cc2oc1=O. The molecule has 0 aliphatic heterocycles. The number of halogens is 5. The summed E-state index contributed by atoms with van der Waals surface area (Å²) in [6, 6.07) is 13.2. The lowest BCUT2D eigenvalue weighted by atomic mass is 9.96. The van der Waals surface area contributed by atoms with Gasteiger partial charge in [-0.2, -0.15) is 18.4 Å². The van der Waals surface area contributed by atoms with Crippen LogP contribution >= 0.6 is 11.6 Å². The fraction of sp³-hybridized carbons (Fsp3) is 0.107. The molecule has 1 heterocycles. The fourth-order valence-electron chi connectivity index (χ4n) is 4.13. The molecule has 5 nitrogen and oxygen atoms in total. The van der Waals surface area contributed by atoms with Gasteiger partial charge in [0.1, 0.15) is 17.1 Å². The summed E-state index contributed by atoms with van der Waals surface area (Å²) in [5.74, 6) is -2.11. The molecule has 4 aromatic rings. The maximum absolute atomic E-state index is 14.0. The van der Waals surface area contributed by atoms with E-state index in [-0.39, 0.29) is 22.2 Å². The zero-order valence-electron chi connectivity index (χ0n) is 19.9. The van der Waals surface area contributed by atoms with E-state index in [9.17, 15) is 27.2 Å². The van der Waals surface area contributed by atoms with E-state index in [1.54, 1.807) is 37.3 Å². The molecule has 1 aromatic heterocycles. The summed E-state index contributed by atoms with van der Waals surface area (Å²) in [5, 5.41) is 9.48. The summed E-state index contributed by atoms with van der Waals surface area (Å²) in [6.07, 6.45) is -2.31. The Morgan fingerprint density at radius 3 is 2.53 bits per heavy atom. The molecular formula is C28H17ClF4N2O3. The van der Waals surface area contributed by atoms with Crippen molar-refractivity contribution in [1.29, 1.82) is 5.26 Å². The number of benzene rings is 3. The molecule has 0 saturated carbocycles. The van der Waals surface area contributed by atoms with E-state index in [0.717, 1.165) is 19.1 Å². The zero-order valence-corrected chi connectivity index (χ0v) is 20.6. The monoisotopic (exact) mass is 540 g/mol. The quantitative estimate of drug-likeness (QED) is 0.150. The van der Waals surface area contributed by atoms with Gasteiger partial charge in [0.05, 0.1) is 17.3 Å². The number of carbonyl (C=O) groups is 1. The van der Waals surface area contributed by atoms with Crippen LogP contribution in [0.2, 0.25) is 5.02 Å². The number of anilines is 2. The van der Waals surface area contributed by atoms with Gasteiger partial charge in [0.15, 0.2) is 0 Å². The van der Waals surface area contributed by atoms with Gasteiger partial charge in [-0.15, -0.1) is 0 Å². The van der Waals surface area contributed by atoms with Crippen molar-refractivity contribution in [2.24, 2.45) is 0 Å². The molecule has 0 fully saturated rings. The number of alkyl halides is 3. The van der Waals surface area contributed by atoms with Crippen LogP contribution in [0.15, 0.2) is 69.9 Å². The summed E-state index contributed by atoms with van der Waals surface area (Å²) in [5.41, 5.74) is -2.19. The zero-order chi connectivity index (χ0) is 27.8. The number of nitriles is 1. The molecule has 10 heteroatoms. The summed E-state index contributed by atoms with van der Waals surface area (Å²) in [6.45, 7) is 2.67. The van der Waals surface area contributed by atoms with E-state index in [2.05, 4.69) is 0 Å². The molecule has 192 valence electrons. The number of nitrogens with zero attached hydrogens (tertiary/aromatic N) is 2. The maximum Gasteiger partial charge on any atom is 0.418 e. The van der Waals surface area contributed by atoms with Crippen LogP contribution < -0.4 is 10.5 Å². The van der Waals surface area contributed by atoms with Crippen molar-refractivity contribution in [3.8, 4) is 17.2 Å². The number of fused-ring (bicyclic) bond motifs is 1. The molecule has 0 bridgehead atoms. The van der Waals surface area contributed by atoms with Gasteiger partial charge >= 0.3 is 11.8 Å². The number of amides is 1. The third-order valence-corrected chi connectivity index (χ3v) is 6.14. The Kier molecular flexibility index (Phi) is 7.11. The van der Waals surface area contributed by atoms with E-state index in [0.29, 0.717) is 27.0 Å². The minimum absolute atomic E-state index is 0.0426. The van der Waals surface area contributed by atoms with Crippen LogP contribution in [-0.2, 0) is 11.0 Å². The minimum Gasteiger partial charge on any atom is -0.421 e. The standard InChI is InChI=1S/C28H17ClF4N2O3/c1-15-11-20-24(14-22(15)29)38-27(37)26(25(20)18-7-3-5-17(12-18)6-4-10-34)35(16(2)36)23-9-8-19(30)13-21(23)28(31,32)33/h3-9,11-14H,1-2H3. The first kappa shape index (κ1) is 26.6. The molecule has 0 aliphatic carbocycles. The predicted octanol–water partition coefficient (Wildman–Crippen LogP) is 7.80. The average molecular weight is 541 g/mol. The topological polar surface area (TPSA) is 74.3 Å². The molecule has 0 saturated heterocycles. The first-order chi connectivity index (χ1) is 17.9. The Morgan fingerprint density at radius 2 is 1.87 bits per heavy atom. The lowest BCUT2D eigenvalue weighted by Gasteiger charge is -2.26. The van der Waals surface area contributed by atoms with Crippen molar-refractivity contribution < 1.29 is 26.8 Å². The van der Waals surface area contributed by atoms with E-state index in [1.807, 2.05) is 6.07 Å². The largest absolute Gasteiger partial charge is 0.421 e. The van der Waals surface area contributed by atoms with Crippen LogP contribution in [0, 0.1) is 24.1 Å². The molecule has 0 aliphatic rings. The summed E-state index contributed by atoms with van der Waals surface area (Å²) in [7, 11) is 0. The van der Waals surface area contributed by atoms with Gasteiger partial charge in [-0.3, -0.25) is 9.69 Å². The molecule has 38 heavy (non-hydrogen) atoms. The Hall–Kier alpha value is -4.42. The highest BCUT2D eigenvalue weighted by atomic mass is 35.5. The van der Waals surface area contributed by atoms with Crippen molar-refractivity contribution >= 4 is 45.9 Å². The molecule has 4 rings (SSSR count). The van der Waals surface area contributed by atoms with Crippen LogP contribution in [0.1, 0.15) is 23.6 Å². The van der Waals surface area contributed by atoms with E-state index in [4.69, 9.17) is 21.3 Å². The second-order valence-electron chi connectivity index (χ2n) is 8.31. The van der Waals surface area contributed by atoms with Crippen LogP contribution in [0.25, 0.3) is 28.2 Å². The Morgan fingerprint density at radius 1 is 1.13 bits per heavy atom. The van der Waals surface area contributed by atoms with Gasteiger partial charge < -0.3 is 4.42 Å². The predicted molar refractivity (Wildman–Crippen MR) is 137 cm³/mol. The third-order valence-electron chi connectivity index (χ3n) is 5.73. The van der Waals surface area contributed by atoms with Crippen molar-refractivity contribution in [2.45, 2.75) is 20.0 Å². The molecule has 0 atom stereocenters. The molecule has 0 N–H and O–H groups in total. The molecule has 0 unspecified atom stereocenters. The third kappa shape index (κ3) is 5.04. The van der Waals surface area contributed by atoms with Gasteiger partial charge in [0, 0.05) is 35.0 Å². The van der Waals surface area contributed by atoms with Gasteiger partial charge in [-0.05, 0) is 60.0 Å². The molecule has 3 aromatic carbocycles.